The summed E-state index contributed by atoms with van der Waals surface area (Å²) in [6, 6.07) is 11.3. The number of nitrogens with one attached hydrogen (secondary N) is 1. The largest absolute Gasteiger partial charge is 0.347 e. The third-order valence-electron chi connectivity index (χ3n) is 4.59. The number of hydrogen-bond donors (Lipinski definition) is 1. The van der Waals surface area contributed by atoms with Crippen molar-refractivity contribution in [3.05, 3.63) is 53.9 Å². The maximum absolute atomic E-state index is 12.6. The summed E-state index contributed by atoms with van der Waals surface area (Å²) >= 11 is 0. The predicted octanol–water partition coefficient (Wildman–Crippen LogP) is 3.86. The molecule has 3 rings (SSSR count). The number of aromatic nitrogens is 1. The van der Waals surface area contributed by atoms with E-state index in [1.165, 1.54) is 19.3 Å². The predicted molar refractivity (Wildman–Crippen MR) is 98.5 cm³/mol. The van der Waals surface area contributed by atoms with E-state index in [0.29, 0.717) is 16.7 Å². The van der Waals surface area contributed by atoms with Crippen molar-refractivity contribution in [3.8, 4) is 0 Å². The van der Waals surface area contributed by atoms with Gasteiger partial charge >= 0.3 is 0 Å². The zero-order valence-electron chi connectivity index (χ0n) is 14.0. The highest BCUT2D eigenvalue weighted by molar-refractivity contribution is 7.84. The molecule has 0 saturated heterocycles. The van der Waals surface area contributed by atoms with Gasteiger partial charge in [0.25, 0.3) is 5.91 Å². The molecule has 1 atom stereocenters. The number of aryl methyl sites for hydroxylation is 1. The fourth-order valence-corrected chi connectivity index (χ4v) is 4.84. The highest BCUT2D eigenvalue weighted by atomic mass is 32.2. The van der Waals surface area contributed by atoms with Gasteiger partial charge in [-0.3, -0.25) is 9.00 Å². The highest BCUT2D eigenvalue weighted by Crippen LogP contribution is 2.24. The van der Waals surface area contributed by atoms with Crippen LogP contribution in [0, 0.1) is 0 Å². The van der Waals surface area contributed by atoms with Crippen molar-refractivity contribution in [3.63, 3.8) is 0 Å². The van der Waals surface area contributed by atoms with E-state index in [0.717, 1.165) is 24.1 Å². The fraction of sp³-hybridized carbons (Fsp3) is 0.421. The summed E-state index contributed by atoms with van der Waals surface area (Å²) in [5.41, 5.74) is 2.38. The van der Waals surface area contributed by atoms with Gasteiger partial charge in [0.15, 0.2) is 0 Å². The second kappa shape index (κ2) is 7.79. The number of nitrogens with zero attached hydrogens (tertiary/aromatic N) is 1. The molecule has 1 fully saturated rings. The Bertz CT molecular complexity index is 732. The molecule has 1 aromatic carbocycles. The molecule has 0 spiro atoms. The Hall–Kier alpha value is -1.88. The van der Waals surface area contributed by atoms with Crippen LogP contribution in [-0.4, -0.2) is 19.9 Å². The lowest BCUT2D eigenvalue weighted by atomic mass is 10.0. The van der Waals surface area contributed by atoms with Crippen molar-refractivity contribution in [2.75, 3.05) is 5.32 Å². The zero-order valence-corrected chi connectivity index (χ0v) is 14.8. The summed E-state index contributed by atoms with van der Waals surface area (Å²) in [7, 11) is 1.02. The molecule has 0 aliphatic heterocycles. The molecule has 128 valence electrons. The SMILES string of the molecule is Cn1cccc1C(=O)Nc1cccc(C[S@](=O)C2CCCCC2)c1. The van der Waals surface area contributed by atoms with Gasteiger partial charge in [0.05, 0.1) is 0 Å². The second-order valence-electron chi connectivity index (χ2n) is 6.44. The van der Waals surface area contributed by atoms with Gasteiger partial charge in [-0.2, -0.15) is 0 Å². The normalized spacial score (nSPS) is 16.7. The molecule has 1 saturated carbocycles. The molecule has 5 heteroatoms. The summed E-state index contributed by atoms with van der Waals surface area (Å²) < 4.78 is 14.3. The molecule has 2 aromatic rings. The molecule has 0 bridgehead atoms. The molecule has 0 unspecified atom stereocenters. The quantitative estimate of drug-likeness (QED) is 0.895. The van der Waals surface area contributed by atoms with E-state index in [2.05, 4.69) is 5.32 Å². The van der Waals surface area contributed by atoms with Gasteiger partial charge in [-0.05, 0) is 42.7 Å². The lowest BCUT2D eigenvalue weighted by Crippen LogP contribution is -2.20. The average Bonchev–Trinajstić information content (AvgIpc) is 3.02. The first-order valence-corrected chi connectivity index (χ1v) is 9.90. The van der Waals surface area contributed by atoms with Crippen molar-refractivity contribution in [2.24, 2.45) is 7.05 Å². The van der Waals surface area contributed by atoms with E-state index in [4.69, 9.17) is 0 Å². The van der Waals surface area contributed by atoms with E-state index < -0.39 is 10.8 Å². The highest BCUT2D eigenvalue weighted by Gasteiger charge is 2.20. The van der Waals surface area contributed by atoms with Gasteiger partial charge in [-0.25, -0.2) is 0 Å². The lowest BCUT2D eigenvalue weighted by Gasteiger charge is -2.21. The smallest absolute Gasteiger partial charge is 0.272 e. The summed E-state index contributed by atoms with van der Waals surface area (Å²) in [6.07, 6.45) is 7.67. The van der Waals surface area contributed by atoms with Crippen LogP contribution in [0.3, 0.4) is 0 Å². The minimum Gasteiger partial charge on any atom is -0.347 e. The van der Waals surface area contributed by atoms with Crippen LogP contribution in [0.25, 0.3) is 0 Å². The first kappa shape index (κ1) is 17.0. The second-order valence-corrected chi connectivity index (χ2v) is 8.16. The molecular formula is C19H24N2O2S. The van der Waals surface area contributed by atoms with Crippen molar-refractivity contribution >= 4 is 22.4 Å². The Balaban J connectivity index is 1.64. The minimum atomic E-state index is -0.828. The van der Waals surface area contributed by atoms with Crippen LogP contribution < -0.4 is 5.32 Å². The van der Waals surface area contributed by atoms with Crippen LogP contribution in [-0.2, 0) is 23.6 Å². The first-order chi connectivity index (χ1) is 11.6. The molecule has 24 heavy (non-hydrogen) atoms. The van der Waals surface area contributed by atoms with Gasteiger partial charge in [-0.1, -0.05) is 31.4 Å². The number of anilines is 1. The van der Waals surface area contributed by atoms with Crippen LogP contribution >= 0.6 is 0 Å². The third-order valence-corrected chi connectivity index (χ3v) is 6.43. The van der Waals surface area contributed by atoms with E-state index in [9.17, 15) is 9.00 Å². The van der Waals surface area contributed by atoms with Crippen molar-refractivity contribution in [1.29, 1.82) is 0 Å². The molecule has 1 aliphatic carbocycles. The Kier molecular flexibility index (Phi) is 5.51. The Morgan fingerprint density at radius 1 is 1.21 bits per heavy atom. The van der Waals surface area contributed by atoms with Gasteiger partial charge in [0.1, 0.15) is 5.69 Å². The summed E-state index contributed by atoms with van der Waals surface area (Å²) in [4.78, 5) is 12.3. The van der Waals surface area contributed by atoms with E-state index in [1.807, 2.05) is 43.6 Å². The van der Waals surface area contributed by atoms with Crippen LogP contribution in [0.2, 0.25) is 0 Å². The maximum atomic E-state index is 12.6. The van der Waals surface area contributed by atoms with Crippen LogP contribution in [0.5, 0.6) is 0 Å². The zero-order chi connectivity index (χ0) is 16.9. The number of amides is 1. The first-order valence-electron chi connectivity index (χ1n) is 8.52. The van der Waals surface area contributed by atoms with Gasteiger partial charge in [0, 0.05) is 40.7 Å². The molecule has 4 nitrogen and oxygen atoms in total. The average molecular weight is 344 g/mol. The van der Waals surface area contributed by atoms with Gasteiger partial charge in [-0.15, -0.1) is 0 Å². The molecule has 0 radical (unpaired) electrons. The Morgan fingerprint density at radius 3 is 2.71 bits per heavy atom. The Labute approximate surface area is 145 Å². The monoisotopic (exact) mass is 344 g/mol. The third kappa shape index (κ3) is 4.15. The molecule has 1 N–H and O–H groups in total. The van der Waals surface area contributed by atoms with E-state index in [1.54, 1.807) is 10.6 Å². The van der Waals surface area contributed by atoms with Crippen molar-refractivity contribution in [2.45, 2.75) is 43.1 Å². The topological polar surface area (TPSA) is 51.1 Å². The summed E-state index contributed by atoms with van der Waals surface area (Å²) in [5.74, 6) is 0.437. The molecule has 1 aromatic heterocycles. The number of benzene rings is 1. The molecule has 1 aliphatic rings. The van der Waals surface area contributed by atoms with E-state index in [-0.39, 0.29) is 5.91 Å². The summed E-state index contributed by atoms with van der Waals surface area (Å²) in [6.45, 7) is 0. The lowest BCUT2D eigenvalue weighted by molar-refractivity contribution is 0.101. The molecule has 1 amide bonds. The van der Waals surface area contributed by atoms with E-state index >= 15 is 0 Å². The van der Waals surface area contributed by atoms with Crippen molar-refractivity contribution < 1.29 is 9.00 Å². The number of hydrogen-bond acceptors (Lipinski definition) is 2. The van der Waals surface area contributed by atoms with Crippen LogP contribution in [0.15, 0.2) is 42.6 Å². The molecule has 1 heterocycles. The number of rotatable bonds is 5. The fourth-order valence-electron chi connectivity index (χ4n) is 3.24. The minimum absolute atomic E-state index is 0.131. The molecular weight excluding hydrogens is 320 g/mol. The number of carbonyl (C=O) groups excluding carboxylic acids is 1. The van der Waals surface area contributed by atoms with Gasteiger partial charge in [0.2, 0.25) is 0 Å². The maximum Gasteiger partial charge on any atom is 0.272 e. The Morgan fingerprint density at radius 2 is 2.00 bits per heavy atom. The van der Waals surface area contributed by atoms with Gasteiger partial charge < -0.3 is 9.88 Å². The summed E-state index contributed by atoms with van der Waals surface area (Å²) in [5, 5.41) is 3.25. The van der Waals surface area contributed by atoms with Crippen molar-refractivity contribution in [1.82, 2.24) is 4.57 Å². The van der Waals surface area contributed by atoms with Crippen LogP contribution in [0.4, 0.5) is 5.69 Å². The van der Waals surface area contributed by atoms with Crippen LogP contribution in [0.1, 0.15) is 48.2 Å². The standard InChI is InChI=1S/C19H24N2O2S/c1-21-12-6-11-18(21)19(22)20-16-8-5-7-15(13-16)14-24(23)17-9-3-2-4-10-17/h5-8,11-13,17H,2-4,9-10,14H2,1H3,(H,20,22)/t24-/m0/s1. The number of carbonyl (C=O) groups is 1.